The van der Waals surface area contributed by atoms with E-state index in [-0.39, 0.29) is 21.1 Å². The number of aromatic nitrogens is 4. The molecular formula is C14H11N5O4S2. The summed E-state index contributed by atoms with van der Waals surface area (Å²) in [5.41, 5.74) is -0.332. The molecule has 3 heterocycles. The van der Waals surface area contributed by atoms with Gasteiger partial charge in [0, 0.05) is 14.1 Å². The highest BCUT2D eigenvalue weighted by atomic mass is 32.2. The molecule has 0 N–H and O–H groups in total. The maximum absolute atomic E-state index is 13.0. The van der Waals surface area contributed by atoms with Gasteiger partial charge >= 0.3 is 5.69 Å². The molecule has 9 nitrogen and oxygen atoms in total. The lowest BCUT2D eigenvalue weighted by Crippen LogP contribution is -2.55. The van der Waals surface area contributed by atoms with Crippen LogP contribution >= 0.6 is 11.7 Å². The molecule has 0 saturated heterocycles. The quantitative estimate of drug-likeness (QED) is 0.526. The molecule has 2 aromatic heterocycles. The zero-order valence-electron chi connectivity index (χ0n) is 13.1. The topological polar surface area (TPSA) is 116 Å². The number of sulfone groups is 1. The van der Waals surface area contributed by atoms with Crippen molar-refractivity contribution in [3.63, 3.8) is 0 Å². The van der Waals surface area contributed by atoms with Gasteiger partial charge in [-0.25, -0.2) is 18.2 Å². The summed E-state index contributed by atoms with van der Waals surface area (Å²) in [6.07, 6.45) is 1.27. The van der Waals surface area contributed by atoms with Crippen molar-refractivity contribution >= 4 is 38.7 Å². The SMILES string of the molecule is Cn1c(=O)c2c(n(C)c1=O)=N[C@@H](S(=O)(=O)c1cccc3nsnc13)C=2. The second-order valence-corrected chi connectivity index (χ2v) is 8.10. The number of rotatable bonds is 2. The van der Waals surface area contributed by atoms with Crippen LogP contribution in [-0.2, 0) is 23.9 Å². The molecule has 0 aliphatic carbocycles. The van der Waals surface area contributed by atoms with Gasteiger partial charge < -0.3 is 0 Å². The molecular weight excluding hydrogens is 366 g/mol. The molecule has 0 unspecified atom stereocenters. The van der Waals surface area contributed by atoms with Gasteiger partial charge in [-0.15, -0.1) is 0 Å². The van der Waals surface area contributed by atoms with E-state index in [1.807, 2.05) is 0 Å². The molecule has 1 aliphatic rings. The predicted octanol–water partition coefficient (Wildman–Crippen LogP) is -1.70. The van der Waals surface area contributed by atoms with Crippen molar-refractivity contribution < 1.29 is 8.42 Å². The second-order valence-electron chi connectivity index (χ2n) is 5.56. The maximum Gasteiger partial charge on any atom is 0.332 e. The summed E-state index contributed by atoms with van der Waals surface area (Å²) in [6, 6.07) is 4.68. The zero-order valence-corrected chi connectivity index (χ0v) is 14.7. The molecule has 25 heavy (non-hydrogen) atoms. The van der Waals surface area contributed by atoms with E-state index in [2.05, 4.69) is 13.7 Å². The first-order valence-electron chi connectivity index (χ1n) is 7.13. The highest BCUT2D eigenvalue weighted by Gasteiger charge is 2.31. The Morgan fingerprint density at radius 1 is 1.12 bits per heavy atom. The lowest BCUT2D eigenvalue weighted by Gasteiger charge is -2.07. The van der Waals surface area contributed by atoms with Crippen molar-refractivity contribution in [3.05, 3.63) is 49.7 Å². The third-order valence-electron chi connectivity index (χ3n) is 4.10. The van der Waals surface area contributed by atoms with Crippen molar-refractivity contribution in [3.8, 4) is 0 Å². The van der Waals surface area contributed by atoms with Gasteiger partial charge in [0.15, 0.2) is 5.37 Å². The second kappa shape index (κ2) is 5.17. The molecule has 128 valence electrons. The third-order valence-corrected chi connectivity index (χ3v) is 6.46. The van der Waals surface area contributed by atoms with Gasteiger partial charge in [-0.3, -0.25) is 13.9 Å². The van der Waals surface area contributed by atoms with Gasteiger partial charge in [-0.05, 0) is 18.2 Å². The van der Waals surface area contributed by atoms with Crippen LogP contribution in [0.5, 0.6) is 0 Å². The Balaban J connectivity index is 2.00. The summed E-state index contributed by atoms with van der Waals surface area (Å²) in [5.74, 6) is 0. The largest absolute Gasteiger partial charge is 0.332 e. The van der Waals surface area contributed by atoms with Crippen LogP contribution in [0.15, 0.2) is 37.7 Å². The number of benzene rings is 1. The standard InChI is InChI=1S/C14H11N5O4S2/c1-18-12-7(13(20)19(2)14(18)21)6-10(15-12)25(22,23)9-5-3-4-8-11(9)17-24-16-8/h3-6,10H,1-2H3/t10-/m0/s1. The fourth-order valence-electron chi connectivity index (χ4n) is 2.76. The Bertz CT molecular complexity index is 1380. The highest BCUT2D eigenvalue weighted by Crippen LogP contribution is 2.25. The molecule has 1 aliphatic heterocycles. The van der Waals surface area contributed by atoms with E-state index in [4.69, 9.17) is 0 Å². The summed E-state index contributed by atoms with van der Waals surface area (Å²) in [5, 5.41) is -1.20. The van der Waals surface area contributed by atoms with E-state index in [0.29, 0.717) is 5.52 Å². The molecule has 11 heteroatoms. The molecule has 1 aromatic carbocycles. The highest BCUT2D eigenvalue weighted by molar-refractivity contribution is 7.92. The molecule has 0 spiro atoms. The van der Waals surface area contributed by atoms with E-state index < -0.39 is 26.5 Å². The van der Waals surface area contributed by atoms with E-state index in [0.717, 1.165) is 20.9 Å². The smallest absolute Gasteiger partial charge is 0.281 e. The minimum atomic E-state index is -3.94. The Kier molecular flexibility index (Phi) is 3.27. The average Bonchev–Trinajstić information content (AvgIpc) is 3.24. The molecule has 0 radical (unpaired) electrons. The summed E-state index contributed by atoms with van der Waals surface area (Å²) in [4.78, 5) is 28.4. The zero-order chi connectivity index (χ0) is 17.9. The van der Waals surface area contributed by atoms with Crippen LogP contribution < -0.4 is 22.0 Å². The molecule has 4 rings (SSSR count). The van der Waals surface area contributed by atoms with E-state index in [9.17, 15) is 18.0 Å². The Hall–Kier alpha value is -2.66. The molecule has 3 aromatic rings. The first kappa shape index (κ1) is 15.8. The van der Waals surface area contributed by atoms with Crippen LogP contribution in [-0.4, -0.2) is 31.7 Å². The molecule has 0 saturated carbocycles. The number of hydrogen-bond donors (Lipinski definition) is 0. The van der Waals surface area contributed by atoms with E-state index >= 15 is 0 Å². The summed E-state index contributed by atoms with van der Waals surface area (Å²) in [6.45, 7) is 0. The first-order valence-corrected chi connectivity index (χ1v) is 9.41. The minimum absolute atomic E-state index is 0.00150. The molecule has 0 fully saturated rings. The van der Waals surface area contributed by atoms with Crippen LogP contribution in [0.25, 0.3) is 17.1 Å². The minimum Gasteiger partial charge on any atom is -0.281 e. The number of hydrogen-bond acceptors (Lipinski definition) is 8. The predicted molar refractivity (Wildman–Crippen MR) is 90.6 cm³/mol. The van der Waals surface area contributed by atoms with Crippen molar-refractivity contribution in [2.45, 2.75) is 10.3 Å². The van der Waals surface area contributed by atoms with Gasteiger partial charge in [0.1, 0.15) is 16.5 Å². The van der Waals surface area contributed by atoms with Crippen LogP contribution in [0.1, 0.15) is 0 Å². The van der Waals surface area contributed by atoms with E-state index in [1.165, 1.54) is 26.2 Å². The van der Waals surface area contributed by atoms with Gasteiger partial charge in [0.25, 0.3) is 5.56 Å². The van der Waals surface area contributed by atoms with Crippen molar-refractivity contribution in [1.82, 2.24) is 17.9 Å². The normalized spacial score (nSPS) is 16.5. The van der Waals surface area contributed by atoms with Gasteiger partial charge in [-0.1, -0.05) is 6.07 Å². The summed E-state index contributed by atoms with van der Waals surface area (Å²) >= 11 is 0.918. The lowest BCUT2D eigenvalue weighted by atomic mass is 10.3. The monoisotopic (exact) mass is 377 g/mol. The fourth-order valence-corrected chi connectivity index (χ4v) is 4.87. The van der Waals surface area contributed by atoms with Crippen LogP contribution in [0, 0.1) is 0 Å². The molecule has 0 amide bonds. The maximum atomic E-state index is 13.0. The molecule has 0 bridgehead atoms. The Labute approximate surface area is 144 Å². The number of nitrogens with zero attached hydrogens (tertiary/aromatic N) is 5. The Morgan fingerprint density at radius 2 is 1.88 bits per heavy atom. The fraction of sp³-hybridized carbons (Fsp3) is 0.214. The van der Waals surface area contributed by atoms with Gasteiger partial charge in [-0.2, -0.15) is 8.75 Å². The lowest BCUT2D eigenvalue weighted by molar-refractivity contribution is 0.590. The first-order chi connectivity index (χ1) is 11.8. The van der Waals surface area contributed by atoms with Crippen molar-refractivity contribution in [2.75, 3.05) is 0 Å². The average molecular weight is 377 g/mol. The third kappa shape index (κ3) is 2.12. The summed E-state index contributed by atoms with van der Waals surface area (Å²) in [7, 11) is -1.17. The summed E-state index contributed by atoms with van der Waals surface area (Å²) < 4.78 is 36.2. The van der Waals surface area contributed by atoms with Crippen LogP contribution in [0.3, 0.4) is 0 Å². The van der Waals surface area contributed by atoms with Gasteiger partial charge in [0.2, 0.25) is 9.84 Å². The molecule has 1 atom stereocenters. The van der Waals surface area contributed by atoms with E-state index in [1.54, 1.807) is 12.1 Å². The van der Waals surface area contributed by atoms with Crippen molar-refractivity contribution in [2.24, 2.45) is 19.1 Å². The van der Waals surface area contributed by atoms with Crippen molar-refractivity contribution in [1.29, 1.82) is 0 Å². The number of fused-ring (bicyclic) bond motifs is 2. The van der Waals surface area contributed by atoms with Crippen LogP contribution in [0.2, 0.25) is 0 Å². The van der Waals surface area contributed by atoms with Crippen LogP contribution in [0.4, 0.5) is 0 Å². The Morgan fingerprint density at radius 3 is 2.64 bits per heavy atom. The van der Waals surface area contributed by atoms with Gasteiger partial charge in [0.05, 0.1) is 21.8 Å².